The maximum absolute atomic E-state index is 13.1. The van der Waals surface area contributed by atoms with E-state index in [2.05, 4.69) is 4.90 Å². The van der Waals surface area contributed by atoms with Crippen molar-refractivity contribution in [3.8, 4) is 0 Å². The largest absolute Gasteiger partial charge is 0.593 e. The van der Waals surface area contributed by atoms with E-state index in [1.165, 1.54) is 0 Å². The first-order valence-electron chi connectivity index (χ1n) is 10.4. The number of hydrogen-bond donors (Lipinski definition) is 0. The molecular weight excluding hydrogens is 400 g/mol. The molecule has 2 aliphatic heterocycles. The maximum atomic E-state index is 13.1. The summed E-state index contributed by atoms with van der Waals surface area (Å²) >= 11 is -1.42. The Kier molecular flexibility index (Phi) is 6.72. The maximum Gasteiger partial charge on any atom is 0.328 e. The van der Waals surface area contributed by atoms with Crippen LogP contribution in [0.15, 0.2) is 59.5 Å². The molecule has 2 atom stereocenters. The molecule has 1 unspecified atom stereocenters. The number of carbonyl (C=O) groups excluding carboxylic acids is 2. The molecule has 30 heavy (non-hydrogen) atoms. The van der Waals surface area contributed by atoms with Crippen LogP contribution < -0.4 is 4.90 Å². The lowest BCUT2D eigenvalue weighted by molar-refractivity contribution is -0.148. The fraction of sp³-hybridized carbons (Fsp3) is 0.391. The second-order valence-corrected chi connectivity index (χ2v) is 9.10. The third-order valence-corrected chi connectivity index (χ3v) is 7.18. The predicted octanol–water partition coefficient (Wildman–Crippen LogP) is 3.09. The number of benzene rings is 2. The summed E-state index contributed by atoms with van der Waals surface area (Å²) in [6.07, 6.45) is 2.62. The van der Waals surface area contributed by atoms with Crippen LogP contribution in [0.3, 0.4) is 0 Å². The number of esters is 1. The highest BCUT2D eigenvalue weighted by Gasteiger charge is 2.40. The van der Waals surface area contributed by atoms with E-state index >= 15 is 0 Å². The Hall–Kier alpha value is -2.35. The van der Waals surface area contributed by atoms with Crippen molar-refractivity contribution in [2.24, 2.45) is 0 Å². The summed E-state index contributed by atoms with van der Waals surface area (Å²) in [6.45, 7) is 2.28. The Morgan fingerprint density at radius 3 is 2.43 bits per heavy atom. The fourth-order valence-corrected chi connectivity index (χ4v) is 5.28. The molecule has 7 heteroatoms. The van der Waals surface area contributed by atoms with Crippen molar-refractivity contribution in [1.29, 1.82) is 0 Å². The number of ether oxygens (including phenoxy) is 1. The van der Waals surface area contributed by atoms with Crippen molar-refractivity contribution in [3.63, 3.8) is 0 Å². The van der Waals surface area contributed by atoms with Gasteiger partial charge in [0.1, 0.15) is 12.4 Å². The molecular formula is C23H26N2O4S. The number of hydrogen-bond acceptors (Lipinski definition) is 6. The van der Waals surface area contributed by atoms with Gasteiger partial charge in [0.15, 0.2) is 10.9 Å². The third kappa shape index (κ3) is 4.86. The standard InChI is InChI=1S/C23H26N2O4S/c26-20-12-15-24(16-13-20)19-8-10-21(11-9-19)30(28)25-14-4-7-22(25)23(27)29-17-18-5-2-1-3-6-18/h1-3,5-6,8-11,22H,4,7,12-17H2/t22-,30?/m0/s1. The Labute approximate surface area is 180 Å². The van der Waals surface area contributed by atoms with Crippen LogP contribution >= 0.6 is 0 Å². The van der Waals surface area contributed by atoms with Gasteiger partial charge in [-0.15, -0.1) is 4.31 Å². The molecule has 158 valence electrons. The SMILES string of the molecule is O=C1CCN(c2ccc([S+]([O-])N3CCC[C@H]3C(=O)OCc3ccccc3)cc2)CC1. The Morgan fingerprint density at radius 1 is 1.03 bits per heavy atom. The molecule has 0 aliphatic carbocycles. The quantitative estimate of drug-likeness (QED) is 0.522. The van der Waals surface area contributed by atoms with E-state index in [0.717, 1.165) is 30.8 Å². The van der Waals surface area contributed by atoms with Gasteiger partial charge in [-0.3, -0.25) is 9.59 Å². The smallest absolute Gasteiger partial charge is 0.328 e. The van der Waals surface area contributed by atoms with Crippen LogP contribution in [0.25, 0.3) is 0 Å². The molecule has 0 N–H and O–H groups in total. The lowest BCUT2D eigenvalue weighted by atomic mass is 10.1. The molecule has 2 aromatic carbocycles. The van der Waals surface area contributed by atoms with E-state index in [-0.39, 0.29) is 12.6 Å². The van der Waals surface area contributed by atoms with Crippen LogP contribution in [-0.2, 0) is 32.3 Å². The molecule has 0 bridgehead atoms. The summed E-state index contributed by atoms with van der Waals surface area (Å²) in [5.74, 6) is -0.0116. The zero-order valence-electron chi connectivity index (χ0n) is 16.9. The monoisotopic (exact) mass is 426 g/mol. The first-order chi connectivity index (χ1) is 14.6. The van der Waals surface area contributed by atoms with Gasteiger partial charge in [0.2, 0.25) is 0 Å². The van der Waals surface area contributed by atoms with E-state index in [1.807, 2.05) is 54.6 Å². The fourth-order valence-electron chi connectivity index (χ4n) is 3.92. The number of nitrogens with zero attached hydrogens (tertiary/aromatic N) is 2. The number of Topliss-reactive ketones (excluding diaryl/α,β-unsaturated/α-hetero) is 1. The second-order valence-electron chi connectivity index (χ2n) is 7.66. The van der Waals surface area contributed by atoms with Crippen molar-refractivity contribution in [3.05, 3.63) is 60.2 Å². The Bertz CT molecular complexity index is 865. The van der Waals surface area contributed by atoms with Gasteiger partial charge in [0.05, 0.1) is 11.4 Å². The van der Waals surface area contributed by atoms with Crippen LogP contribution in [0, 0.1) is 0 Å². The molecule has 2 fully saturated rings. The van der Waals surface area contributed by atoms with Crippen LogP contribution in [0.2, 0.25) is 0 Å². The topological polar surface area (TPSA) is 72.9 Å². The first-order valence-corrected chi connectivity index (χ1v) is 11.5. The molecule has 0 radical (unpaired) electrons. The van der Waals surface area contributed by atoms with E-state index in [1.54, 1.807) is 4.31 Å². The summed E-state index contributed by atoms with van der Waals surface area (Å²) in [6, 6.07) is 16.7. The van der Waals surface area contributed by atoms with E-state index in [0.29, 0.717) is 36.5 Å². The first kappa shape index (κ1) is 20.9. The minimum absolute atomic E-state index is 0.226. The molecule has 0 amide bonds. The summed E-state index contributed by atoms with van der Waals surface area (Å²) in [7, 11) is 0. The van der Waals surface area contributed by atoms with Gasteiger partial charge < -0.3 is 14.2 Å². The minimum Gasteiger partial charge on any atom is -0.593 e. The van der Waals surface area contributed by atoms with E-state index in [4.69, 9.17) is 4.74 Å². The highest BCUT2D eigenvalue weighted by molar-refractivity contribution is 7.89. The number of carbonyl (C=O) groups is 2. The van der Waals surface area contributed by atoms with Gasteiger partial charge in [0, 0.05) is 38.2 Å². The lowest BCUT2D eigenvalue weighted by Crippen LogP contribution is -2.41. The number of ketones is 1. The third-order valence-electron chi connectivity index (χ3n) is 5.64. The van der Waals surface area contributed by atoms with Crippen molar-refractivity contribution in [2.75, 3.05) is 24.5 Å². The van der Waals surface area contributed by atoms with Gasteiger partial charge in [-0.05, 0) is 42.7 Å². The Morgan fingerprint density at radius 2 is 1.73 bits per heavy atom. The van der Waals surface area contributed by atoms with E-state index in [9.17, 15) is 14.1 Å². The Balaban J connectivity index is 1.37. The normalized spacial score (nSPS) is 20.9. The average Bonchev–Trinajstić information content (AvgIpc) is 3.28. The molecule has 2 aliphatic rings. The highest BCUT2D eigenvalue weighted by atomic mass is 32.2. The lowest BCUT2D eigenvalue weighted by Gasteiger charge is -2.28. The van der Waals surface area contributed by atoms with Crippen LogP contribution in [0.1, 0.15) is 31.2 Å². The van der Waals surface area contributed by atoms with Crippen LogP contribution in [-0.4, -0.2) is 46.3 Å². The number of piperidine rings is 1. The summed E-state index contributed by atoms with van der Waals surface area (Å²) < 4.78 is 20.4. The minimum atomic E-state index is -1.42. The molecule has 0 saturated carbocycles. The summed E-state index contributed by atoms with van der Waals surface area (Å²) in [5, 5.41) is 0. The number of rotatable bonds is 6. The van der Waals surface area contributed by atoms with Gasteiger partial charge in [0.25, 0.3) is 0 Å². The second kappa shape index (κ2) is 9.64. The molecule has 0 spiro atoms. The van der Waals surface area contributed by atoms with Crippen molar-refractivity contribution in [2.45, 2.75) is 43.2 Å². The van der Waals surface area contributed by atoms with Crippen molar-refractivity contribution in [1.82, 2.24) is 4.31 Å². The van der Waals surface area contributed by atoms with Crippen LogP contribution in [0.4, 0.5) is 5.69 Å². The van der Waals surface area contributed by atoms with Gasteiger partial charge in [-0.1, -0.05) is 30.3 Å². The van der Waals surface area contributed by atoms with Crippen molar-refractivity contribution >= 4 is 28.8 Å². The zero-order chi connectivity index (χ0) is 20.9. The summed E-state index contributed by atoms with van der Waals surface area (Å²) in [5.41, 5.74) is 1.97. The van der Waals surface area contributed by atoms with Gasteiger partial charge in [-0.25, -0.2) is 0 Å². The zero-order valence-corrected chi connectivity index (χ0v) is 17.7. The van der Waals surface area contributed by atoms with Crippen molar-refractivity contribution < 1.29 is 18.9 Å². The number of anilines is 1. The average molecular weight is 427 g/mol. The van der Waals surface area contributed by atoms with Crippen LogP contribution in [0.5, 0.6) is 0 Å². The summed E-state index contributed by atoms with van der Waals surface area (Å²) in [4.78, 5) is 26.9. The molecule has 2 heterocycles. The molecule has 4 rings (SSSR count). The molecule has 2 saturated heterocycles. The van der Waals surface area contributed by atoms with Gasteiger partial charge in [-0.2, -0.15) is 0 Å². The molecule has 6 nitrogen and oxygen atoms in total. The van der Waals surface area contributed by atoms with Gasteiger partial charge >= 0.3 is 5.97 Å². The van der Waals surface area contributed by atoms with E-state index < -0.39 is 17.4 Å². The molecule has 2 aromatic rings. The molecule has 0 aromatic heterocycles. The predicted molar refractivity (Wildman–Crippen MR) is 115 cm³/mol. The highest BCUT2D eigenvalue weighted by Crippen LogP contribution is 2.29.